The normalized spacial score (nSPS) is 18.8. The molecule has 4 heteroatoms. The molecule has 1 aliphatic rings. The van der Waals surface area contributed by atoms with E-state index in [0.29, 0.717) is 19.1 Å². The van der Waals surface area contributed by atoms with Crippen molar-refractivity contribution in [3.63, 3.8) is 0 Å². The summed E-state index contributed by atoms with van der Waals surface area (Å²) in [4.78, 5) is 11.3. The highest BCUT2D eigenvalue weighted by Gasteiger charge is 2.33. The second-order valence-corrected chi connectivity index (χ2v) is 5.21. The summed E-state index contributed by atoms with van der Waals surface area (Å²) in [5.74, 6) is 0.351. The molecule has 4 nitrogen and oxygen atoms in total. The van der Waals surface area contributed by atoms with Crippen LogP contribution in [0.1, 0.15) is 39.5 Å². The molecule has 1 saturated carbocycles. The van der Waals surface area contributed by atoms with Gasteiger partial charge in [-0.05, 0) is 18.8 Å². The number of rotatable bonds is 5. The van der Waals surface area contributed by atoms with Gasteiger partial charge in [0.1, 0.15) is 0 Å². The monoisotopic (exact) mass is 229 g/mol. The molecule has 1 amide bonds. The molecule has 0 atom stereocenters. The molecule has 1 rings (SSSR count). The van der Waals surface area contributed by atoms with Gasteiger partial charge in [0.15, 0.2) is 0 Å². The summed E-state index contributed by atoms with van der Waals surface area (Å²) in [5, 5.41) is 12.1. The van der Waals surface area contributed by atoms with E-state index in [9.17, 15) is 9.90 Å². The first kappa shape index (κ1) is 13.3. The molecule has 0 heterocycles. The Morgan fingerprint density at radius 2 is 2.06 bits per heavy atom. The molecule has 0 spiro atoms. The van der Waals surface area contributed by atoms with Crippen LogP contribution in [0.25, 0.3) is 0 Å². The zero-order valence-electron chi connectivity index (χ0n) is 10.3. The van der Waals surface area contributed by atoms with Crippen molar-refractivity contribution in [2.24, 2.45) is 11.3 Å². The van der Waals surface area contributed by atoms with Crippen LogP contribution in [0.3, 0.4) is 0 Å². The molecule has 1 fully saturated rings. The first-order chi connectivity index (χ1) is 7.58. The van der Waals surface area contributed by atoms with E-state index in [0.717, 1.165) is 25.7 Å². The van der Waals surface area contributed by atoms with E-state index in [-0.39, 0.29) is 18.1 Å². The van der Waals surface area contributed by atoms with Gasteiger partial charge in [0.2, 0.25) is 0 Å². The van der Waals surface area contributed by atoms with E-state index >= 15 is 0 Å². The van der Waals surface area contributed by atoms with Crippen molar-refractivity contribution >= 4 is 6.09 Å². The predicted octanol–water partition coefficient (Wildman–Crippen LogP) is 1.92. The standard InChI is InChI=1S/C12H23NO3/c1-10(2)7-16-11(15)13-8-12(9-14)5-3-4-6-12/h10,14H,3-9H2,1-2H3,(H,13,15). The van der Waals surface area contributed by atoms with Crippen LogP contribution < -0.4 is 5.32 Å². The van der Waals surface area contributed by atoms with Gasteiger partial charge in [0, 0.05) is 12.0 Å². The largest absolute Gasteiger partial charge is 0.449 e. The Kier molecular flexibility index (Phi) is 5.06. The summed E-state index contributed by atoms with van der Waals surface area (Å²) >= 11 is 0. The molecular weight excluding hydrogens is 206 g/mol. The molecule has 2 N–H and O–H groups in total. The smallest absolute Gasteiger partial charge is 0.407 e. The quantitative estimate of drug-likeness (QED) is 0.757. The third kappa shape index (κ3) is 4.00. The Morgan fingerprint density at radius 3 is 2.56 bits per heavy atom. The number of aliphatic hydroxyl groups is 1. The Balaban J connectivity index is 2.24. The van der Waals surface area contributed by atoms with Crippen molar-refractivity contribution in [1.82, 2.24) is 5.32 Å². The number of carbonyl (C=O) groups is 1. The summed E-state index contributed by atoms with van der Waals surface area (Å²) < 4.78 is 5.02. The minimum absolute atomic E-state index is 0.100. The molecule has 0 aliphatic heterocycles. The van der Waals surface area contributed by atoms with Gasteiger partial charge in [-0.15, -0.1) is 0 Å². The van der Waals surface area contributed by atoms with Crippen LogP contribution in [0.15, 0.2) is 0 Å². The van der Waals surface area contributed by atoms with Gasteiger partial charge < -0.3 is 15.2 Å². The number of nitrogens with one attached hydrogen (secondary N) is 1. The van der Waals surface area contributed by atoms with Crippen molar-refractivity contribution in [2.45, 2.75) is 39.5 Å². The van der Waals surface area contributed by atoms with Gasteiger partial charge in [-0.25, -0.2) is 4.79 Å². The van der Waals surface area contributed by atoms with Crippen molar-refractivity contribution in [3.8, 4) is 0 Å². The predicted molar refractivity (Wildman–Crippen MR) is 62.2 cm³/mol. The average Bonchev–Trinajstić information content (AvgIpc) is 2.73. The molecule has 0 aromatic carbocycles. The van der Waals surface area contributed by atoms with E-state index < -0.39 is 0 Å². The molecule has 0 radical (unpaired) electrons. The third-order valence-electron chi connectivity index (χ3n) is 3.16. The fourth-order valence-corrected chi connectivity index (χ4v) is 2.07. The lowest BCUT2D eigenvalue weighted by Crippen LogP contribution is -2.38. The summed E-state index contributed by atoms with van der Waals surface area (Å²) in [6.07, 6.45) is 3.91. The van der Waals surface area contributed by atoms with Gasteiger partial charge in [-0.2, -0.15) is 0 Å². The van der Waals surface area contributed by atoms with Crippen LogP contribution in [0.4, 0.5) is 4.79 Å². The number of carbonyl (C=O) groups excluding carboxylic acids is 1. The Bertz CT molecular complexity index is 222. The van der Waals surface area contributed by atoms with Crippen molar-refractivity contribution < 1.29 is 14.6 Å². The minimum Gasteiger partial charge on any atom is -0.449 e. The fraction of sp³-hybridized carbons (Fsp3) is 0.917. The number of ether oxygens (including phenoxy) is 1. The lowest BCUT2D eigenvalue weighted by molar-refractivity contribution is 0.107. The number of alkyl carbamates (subject to hydrolysis) is 1. The maximum atomic E-state index is 11.3. The SMILES string of the molecule is CC(C)COC(=O)NCC1(CO)CCCC1. The Hall–Kier alpha value is -0.770. The number of aliphatic hydroxyl groups excluding tert-OH is 1. The molecule has 0 unspecified atom stereocenters. The minimum atomic E-state index is -0.367. The average molecular weight is 229 g/mol. The van der Waals surface area contributed by atoms with Crippen LogP contribution >= 0.6 is 0 Å². The molecule has 0 saturated heterocycles. The molecular formula is C12H23NO3. The molecule has 0 bridgehead atoms. The van der Waals surface area contributed by atoms with Gasteiger partial charge in [0.25, 0.3) is 0 Å². The summed E-state index contributed by atoms with van der Waals surface area (Å²) in [5.41, 5.74) is -0.100. The van der Waals surface area contributed by atoms with E-state index in [4.69, 9.17) is 4.74 Å². The van der Waals surface area contributed by atoms with Crippen LogP contribution in [-0.2, 0) is 4.74 Å². The maximum Gasteiger partial charge on any atom is 0.407 e. The fourth-order valence-electron chi connectivity index (χ4n) is 2.07. The first-order valence-electron chi connectivity index (χ1n) is 6.09. The first-order valence-corrected chi connectivity index (χ1v) is 6.09. The van der Waals surface area contributed by atoms with Gasteiger partial charge in [0.05, 0.1) is 13.2 Å². The zero-order valence-corrected chi connectivity index (χ0v) is 10.3. The lowest BCUT2D eigenvalue weighted by Gasteiger charge is -2.26. The summed E-state index contributed by atoms with van der Waals surface area (Å²) in [7, 11) is 0. The van der Waals surface area contributed by atoms with E-state index in [1.165, 1.54) is 0 Å². The van der Waals surface area contributed by atoms with Gasteiger partial charge >= 0.3 is 6.09 Å². The van der Waals surface area contributed by atoms with E-state index in [2.05, 4.69) is 5.32 Å². The number of hydrogen-bond acceptors (Lipinski definition) is 3. The second-order valence-electron chi connectivity index (χ2n) is 5.21. The van der Waals surface area contributed by atoms with Crippen LogP contribution in [0, 0.1) is 11.3 Å². The molecule has 1 aliphatic carbocycles. The third-order valence-corrected chi connectivity index (χ3v) is 3.16. The Labute approximate surface area is 97.4 Å². The van der Waals surface area contributed by atoms with Crippen molar-refractivity contribution in [3.05, 3.63) is 0 Å². The molecule has 0 aromatic rings. The van der Waals surface area contributed by atoms with Crippen LogP contribution in [-0.4, -0.2) is 31.0 Å². The Morgan fingerprint density at radius 1 is 1.44 bits per heavy atom. The molecule has 16 heavy (non-hydrogen) atoms. The van der Waals surface area contributed by atoms with E-state index in [1.807, 2.05) is 13.8 Å². The molecule has 0 aromatic heterocycles. The maximum absolute atomic E-state index is 11.3. The highest BCUT2D eigenvalue weighted by molar-refractivity contribution is 5.67. The summed E-state index contributed by atoms with van der Waals surface area (Å²) in [6.45, 7) is 5.12. The highest BCUT2D eigenvalue weighted by atomic mass is 16.5. The van der Waals surface area contributed by atoms with Crippen molar-refractivity contribution in [1.29, 1.82) is 0 Å². The van der Waals surface area contributed by atoms with Crippen molar-refractivity contribution in [2.75, 3.05) is 19.8 Å². The van der Waals surface area contributed by atoms with Crippen LogP contribution in [0.5, 0.6) is 0 Å². The lowest BCUT2D eigenvalue weighted by atomic mass is 9.87. The van der Waals surface area contributed by atoms with Gasteiger partial charge in [-0.3, -0.25) is 0 Å². The topological polar surface area (TPSA) is 58.6 Å². The zero-order chi connectivity index (χ0) is 12.0. The number of hydrogen-bond donors (Lipinski definition) is 2. The highest BCUT2D eigenvalue weighted by Crippen LogP contribution is 2.36. The number of amides is 1. The van der Waals surface area contributed by atoms with Crippen LogP contribution in [0.2, 0.25) is 0 Å². The van der Waals surface area contributed by atoms with E-state index in [1.54, 1.807) is 0 Å². The van der Waals surface area contributed by atoms with Gasteiger partial charge in [-0.1, -0.05) is 26.7 Å². The molecule has 94 valence electrons. The summed E-state index contributed by atoms with van der Waals surface area (Å²) in [6, 6.07) is 0. The second kappa shape index (κ2) is 6.09.